The third-order valence-electron chi connectivity index (χ3n) is 4.36. The SMILES string of the molecule is Cc1cc(Cl)ccc1OCCCC(=O)NNC(=O)CC(O)(c1nccn1C)C(F)(F)F. The minimum atomic E-state index is -5.16. The van der Waals surface area contributed by atoms with Crippen LogP contribution in [0.25, 0.3) is 0 Å². The van der Waals surface area contributed by atoms with Gasteiger partial charge in [-0.15, -0.1) is 0 Å². The average molecular weight is 463 g/mol. The van der Waals surface area contributed by atoms with Crippen LogP contribution in [0.15, 0.2) is 30.6 Å². The average Bonchev–Trinajstić information content (AvgIpc) is 3.10. The lowest BCUT2D eigenvalue weighted by molar-refractivity contribution is -0.271. The van der Waals surface area contributed by atoms with E-state index in [-0.39, 0.29) is 13.0 Å². The number of ether oxygens (including phenoxy) is 1. The number of aromatic nitrogens is 2. The molecule has 1 aromatic carbocycles. The summed E-state index contributed by atoms with van der Waals surface area (Å²) in [7, 11) is 1.26. The van der Waals surface area contributed by atoms with Crippen molar-refractivity contribution < 1.29 is 32.6 Å². The molecule has 12 heteroatoms. The molecular weight excluding hydrogens is 441 g/mol. The number of carbonyl (C=O) groups is 2. The van der Waals surface area contributed by atoms with Crippen molar-refractivity contribution in [3.63, 3.8) is 0 Å². The van der Waals surface area contributed by atoms with Gasteiger partial charge in [-0.25, -0.2) is 4.98 Å². The van der Waals surface area contributed by atoms with E-state index in [1.807, 2.05) is 17.8 Å². The molecule has 8 nitrogen and oxygen atoms in total. The molecule has 1 unspecified atom stereocenters. The Kier molecular flexibility index (Phi) is 7.91. The lowest BCUT2D eigenvalue weighted by atomic mass is 9.97. The summed E-state index contributed by atoms with van der Waals surface area (Å²) in [5.41, 5.74) is 1.21. The molecule has 2 rings (SSSR count). The number of aliphatic hydroxyl groups is 1. The molecule has 0 saturated carbocycles. The van der Waals surface area contributed by atoms with Crippen LogP contribution >= 0.6 is 11.6 Å². The number of carbonyl (C=O) groups excluding carboxylic acids is 2. The second-order valence-electron chi connectivity index (χ2n) is 6.85. The number of hydrazine groups is 1. The molecule has 0 aliphatic heterocycles. The Hall–Kier alpha value is -2.79. The molecule has 3 N–H and O–H groups in total. The second-order valence-corrected chi connectivity index (χ2v) is 7.29. The Morgan fingerprint density at radius 3 is 2.52 bits per heavy atom. The van der Waals surface area contributed by atoms with Crippen molar-refractivity contribution in [1.29, 1.82) is 0 Å². The zero-order valence-electron chi connectivity index (χ0n) is 16.8. The first-order valence-corrected chi connectivity index (χ1v) is 9.55. The van der Waals surface area contributed by atoms with Crippen LogP contribution in [0.3, 0.4) is 0 Å². The highest BCUT2D eigenvalue weighted by atomic mass is 35.5. The second kappa shape index (κ2) is 10.0. The molecule has 1 heterocycles. The van der Waals surface area contributed by atoms with Gasteiger partial charge in [0.05, 0.1) is 13.0 Å². The van der Waals surface area contributed by atoms with Crippen molar-refractivity contribution >= 4 is 23.4 Å². The van der Waals surface area contributed by atoms with Crippen LogP contribution in [0.2, 0.25) is 5.02 Å². The van der Waals surface area contributed by atoms with Gasteiger partial charge in [-0.1, -0.05) is 11.6 Å². The maximum Gasteiger partial charge on any atom is 0.425 e. The Labute approximate surface area is 181 Å². The van der Waals surface area contributed by atoms with Crippen LogP contribution in [-0.2, 0) is 22.2 Å². The number of nitrogens with one attached hydrogen (secondary N) is 2. The van der Waals surface area contributed by atoms with Gasteiger partial charge in [0.1, 0.15) is 5.75 Å². The molecule has 31 heavy (non-hydrogen) atoms. The number of aryl methyl sites for hydroxylation is 2. The molecule has 0 aliphatic rings. The molecular formula is C19H22ClF3N4O4. The van der Waals surface area contributed by atoms with Gasteiger partial charge in [0.2, 0.25) is 17.4 Å². The molecule has 0 spiro atoms. The topological polar surface area (TPSA) is 105 Å². The first-order chi connectivity index (χ1) is 14.4. The smallest absolute Gasteiger partial charge is 0.425 e. The molecule has 170 valence electrons. The van der Waals surface area contributed by atoms with E-state index in [1.165, 1.54) is 13.2 Å². The van der Waals surface area contributed by atoms with Gasteiger partial charge < -0.3 is 14.4 Å². The molecule has 1 atom stereocenters. The predicted molar refractivity (Wildman–Crippen MR) is 105 cm³/mol. The summed E-state index contributed by atoms with van der Waals surface area (Å²) in [4.78, 5) is 27.2. The van der Waals surface area contributed by atoms with Crippen LogP contribution in [0, 0.1) is 6.92 Å². The van der Waals surface area contributed by atoms with Crippen LogP contribution in [0.1, 0.15) is 30.7 Å². The van der Waals surface area contributed by atoms with Crippen molar-refractivity contribution in [2.45, 2.75) is 38.0 Å². The van der Waals surface area contributed by atoms with Crippen LogP contribution in [0.5, 0.6) is 5.75 Å². The maximum absolute atomic E-state index is 13.4. The fourth-order valence-electron chi connectivity index (χ4n) is 2.74. The summed E-state index contributed by atoms with van der Waals surface area (Å²) in [5.74, 6) is -1.99. The maximum atomic E-state index is 13.4. The van der Waals surface area contributed by atoms with Gasteiger partial charge in [0, 0.05) is 30.9 Å². The highest BCUT2D eigenvalue weighted by Crippen LogP contribution is 2.40. The van der Waals surface area contributed by atoms with E-state index in [4.69, 9.17) is 16.3 Å². The Bertz CT molecular complexity index is 935. The number of hydrogen-bond acceptors (Lipinski definition) is 5. The Balaban J connectivity index is 1.80. The number of nitrogens with zero attached hydrogens (tertiary/aromatic N) is 2. The van der Waals surface area contributed by atoms with E-state index >= 15 is 0 Å². The number of hydrogen-bond donors (Lipinski definition) is 3. The summed E-state index contributed by atoms with van der Waals surface area (Å²) in [6.07, 6.45) is -4.01. The third-order valence-corrected chi connectivity index (χ3v) is 4.60. The fourth-order valence-corrected chi connectivity index (χ4v) is 2.96. The monoisotopic (exact) mass is 462 g/mol. The number of halogens is 4. The van der Waals surface area contributed by atoms with Gasteiger partial charge in [0.25, 0.3) is 0 Å². The number of alkyl halides is 3. The molecule has 0 saturated heterocycles. The third kappa shape index (κ3) is 6.34. The van der Waals surface area contributed by atoms with Crippen LogP contribution < -0.4 is 15.6 Å². The molecule has 2 aromatic rings. The lowest BCUT2D eigenvalue weighted by Crippen LogP contribution is -2.50. The molecule has 0 aliphatic carbocycles. The van der Waals surface area contributed by atoms with Gasteiger partial charge >= 0.3 is 6.18 Å². The quantitative estimate of drug-likeness (QED) is 0.413. The fraction of sp³-hybridized carbons (Fsp3) is 0.421. The van der Waals surface area contributed by atoms with Crippen LogP contribution in [-0.4, -0.2) is 39.3 Å². The number of rotatable bonds is 8. The van der Waals surface area contributed by atoms with Crippen molar-refractivity contribution in [2.75, 3.05) is 6.61 Å². The number of imidazole rings is 1. The summed E-state index contributed by atoms with van der Waals surface area (Å²) >= 11 is 5.86. The predicted octanol–water partition coefficient (Wildman–Crippen LogP) is 2.53. The zero-order chi connectivity index (χ0) is 23.2. The van der Waals surface area contributed by atoms with Gasteiger partial charge in [0.15, 0.2) is 5.82 Å². The van der Waals surface area contributed by atoms with E-state index < -0.39 is 35.8 Å². The van der Waals surface area contributed by atoms with E-state index in [1.54, 1.807) is 18.2 Å². The summed E-state index contributed by atoms with van der Waals surface area (Å²) in [6, 6.07) is 5.09. The summed E-state index contributed by atoms with van der Waals surface area (Å²) in [6.45, 7) is 2.02. The molecule has 2 amide bonds. The first kappa shape index (κ1) is 24.5. The molecule has 0 fully saturated rings. The number of benzene rings is 1. The molecule has 1 aromatic heterocycles. The van der Waals surface area contributed by atoms with E-state index in [2.05, 4.69) is 4.98 Å². The minimum Gasteiger partial charge on any atom is -0.493 e. The van der Waals surface area contributed by atoms with Crippen molar-refractivity contribution in [2.24, 2.45) is 7.05 Å². The lowest BCUT2D eigenvalue weighted by Gasteiger charge is -2.29. The molecule has 0 bridgehead atoms. The van der Waals surface area contributed by atoms with Gasteiger partial charge in [-0.2, -0.15) is 13.2 Å². The zero-order valence-corrected chi connectivity index (χ0v) is 17.5. The largest absolute Gasteiger partial charge is 0.493 e. The Morgan fingerprint density at radius 1 is 1.26 bits per heavy atom. The molecule has 0 radical (unpaired) electrons. The standard InChI is InChI=1S/C19H22ClF3N4O4/c1-12-10-13(20)5-6-14(12)31-9-3-4-15(28)25-26-16(29)11-18(30,19(21,22)23)17-24-7-8-27(17)2/h5-8,10,30H,3-4,9,11H2,1-2H3,(H,25,28)(H,26,29). The van der Waals surface area contributed by atoms with E-state index in [0.717, 1.165) is 16.3 Å². The number of amides is 2. The van der Waals surface area contributed by atoms with Gasteiger partial charge in [-0.3, -0.25) is 20.4 Å². The normalized spacial score (nSPS) is 13.4. The van der Waals surface area contributed by atoms with Crippen molar-refractivity contribution in [3.05, 3.63) is 47.0 Å². The highest BCUT2D eigenvalue weighted by molar-refractivity contribution is 6.30. The summed E-state index contributed by atoms with van der Waals surface area (Å²) in [5, 5.41) is 10.7. The minimum absolute atomic E-state index is 0.0458. The van der Waals surface area contributed by atoms with E-state index in [9.17, 15) is 27.9 Å². The summed E-state index contributed by atoms with van der Waals surface area (Å²) < 4.78 is 46.7. The van der Waals surface area contributed by atoms with E-state index in [0.29, 0.717) is 17.2 Å². The van der Waals surface area contributed by atoms with Crippen LogP contribution in [0.4, 0.5) is 13.2 Å². The first-order valence-electron chi connectivity index (χ1n) is 9.17. The van der Waals surface area contributed by atoms with Crippen molar-refractivity contribution in [1.82, 2.24) is 20.4 Å². The Morgan fingerprint density at radius 2 is 1.94 bits per heavy atom. The highest BCUT2D eigenvalue weighted by Gasteiger charge is 2.58. The van der Waals surface area contributed by atoms with Crippen molar-refractivity contribution in [3.8, 4) is 5.75 Å². The van der Waals surface area contributed by atoms with Gasteiger partial charge in [-0.05, 0) is 37.1 Å².